The molecule has 2 aromatic heterocycles. The van der Waals surface area contributed by atoms with Gasteiger partial charge in [0.1, 0.15) is 11.9 Å². The number of nitrogens with zero attached hydrogens (tertiary/aromatic N) is 2. The van der Waals surface area contributed by atoms with Gasteiger partial charge in [0.25, 0.3) is 0 Å². The van der Waals surface area contributed by atoms with Crippen molar-refractivity contribution < 1.29 is 0 Å². The molecule has 0 bridgehead atoms. The smallest absolute Gasteiger partial charge is 0.131 e. The number of thiophene rings is 1. The molecule has 3 nitrogen and oxygen atoms in total. The summed E-state index contributed by atoms with van der Waals surface area (Å²) in [4.78, 5) is 5.85. The summed E-state index contributed by atoms with van der Waals surface area (Å²) < 4.78 is 2.10. The molecular weight excluding hydrogens is 254 g/mol. The first-order chi connectivity index (χ1) is 9.13. The van der Waals surface area contributed by atoms with Crippen LogP contribution in [0.5, 0.6) is 0 Å². The third-order valence-electron chi connectivity index (χ3n) is 3.57. The molecule has 4 heteroatoms. The van der Waals surface area contributed by atoms with E-state index in [1.54, 1.807) is 11.3 Å². The highest BCUT2D eigenvalue weighted by Gasteiger charge is 2.23. The van der Waals surface area contributed by atoms with Crippen molar-refractivity contribution in [3.8, 4) is 0 Å². The predicted molar refractivity (Wildman–Crippen MR) is 81.4 cm³/mol. The molecular formula is C15H23N3S. The van der Waals surface area contributed by atoms with E-state index in [1.165, 1.54) is 4.88 Å². The number of nitrogens with one attached hydrogen (secondary N) is 1. The number of hydrogen-bond donors (Lipinski definition) is 1. The summed E-state index contributed by atoms with van der Waals surface area (Å²) in [6, 6.07) is 4.98. The van der Waals surface area contributed by atoms with E-state index in [-0.39, 0.29) is 6.04 Å². The summed E-state index contributed by atoms with van der Waals surface area (Å²) in [7, 11) is 2.06. The Bertz CT molecular complexity index is 487. The van der Waals surface area contributed by atoms with Gasteiger partial charge in [-0.25, -0.2) is 4.98 Å². The maximum atomic E-state index is 4.53. The lowest BCUT2D eigenvalue weighted by Crippen LogP contribution is -2.37. The Morgan fingerprint density at radius 2 is 2.21 bits per heavy atom. The third kappa shape index (κ3) is 3.25. The lowest BCUT2D eigenvalue weighted by molar-refractivity contribution is 0.359. The molecule has 0 amide bonds. The summed E-state index contributed by atoms with van der Waals surface area (Å²) >= 11 is 1.79. The quantitative estimate of drug-likeness (QED) is 0.874. The molecule has 2 unspecified atom stereocenters. The van der Waals surface area contributed by atoms with Crippen molar-refractivity contribution in [1.82, 2.24) is 14.9 Å². The SMILES string of the molecule is CCC(NC(c1cccs1)c1nccn1C)C(C)C. The Morgan fingerprint density at radius 1 is 1.42 bits per heavy atom. The van der Waals surface area contributed by atoms with E-state index >= 15 is 0 Å². The van der Waals surface area contributed by atoms with Gasteiger partial charge in [0.05, 0.1) is 0 Å². The highest BCUT2D eigenvalue weighted by molar-refractivity contribution is 7.10. The van der Waals surface area contributed by atoms with E-state index in [4.69, 9.17) is 0 Å². The Kier molecular flexibility index (Phi) is 4.77. The number of rotatable bonds is 6. The third-order valence-corrected chi connectivity index (χ3v) is 4.51. The maximum Gasteiger partial charge on any atom is 0.131 e. The summed E-state index contributed by atoms with van der Waals surface area (Å²) in [6.07, 6.45) is 5.01. The standard InChI is InChI=1S/C15H23N3S/c1-5-12(11(2)3)17-14(13-7-6-10-19-13)15-16-8-9-18(15)4/h6-12,14,17H,5H2,1-4H3. The van der Waals surface area contributed by atoms with Gasteiger partial charge in [0.2, 0.25) is 0 Å². The van der Waals surface area contributed by atoms with E-state index < -0.39 is 0 Å². The summed E-state index contributed by atoms with van der Waals surface area (Å²) in [5.74, 6) is 1.70. The van der Waals surface area contributed by atoms with Crippen LogP contribution in [-0.4, -0.2) is 15.6 Å². The van der Waals surface area contributed by atoms with Crippen LogP contribution < -0.4 is 5.32 Å². The minimum Gasteiger partial charge on any atom is -0.336 e. The summed E-state index contributed by atoms with van der Waals surface area (Å²) in [5, 5.41) is 5.90. The minimum atomic E-state index is 0.187. The van der Waals surface area contributed by atoms with Crippen molar-refractivity contribution in [2.24, 2.45) is 13.0 Å². The predicted octanol–water partition coefficient (Wildman–Crippen LogP) is 3.60. The van der Waals surface area contributed by atoms with Crippen molar-refractivity contribution in [2.45, 2.75) is 39.3 Å². The monoisotopic (exact) mass is 277 g/mol. The maximum absolute atomic E-state index is 4.53. The molecule has 2 aromatic rings. The summed E-state index contributed by atoms with van der Waals surface area (Å²) in [5.41, 5.74) is 0. The highest BCUT2D eigenvalue weighted by Crippen LogP contribution is 2.26. The average molecular weight is 277 g/mol. The Hall–Kier alpha value is -1.13. The van der Waals surface area contributed by atoms with Crippen molar-refractivity contribution in [3.05, 3.63) is 40.6 Å². The fourth-order valence-corrected chi connectivity index (χ4v) is 3.17. The van der Waals surface area contributed by atoms with E-state index in [0.717, 1.165) is 12.2 Å². The first kappa shape index (κ1) is 14.3. The van der Waals surface area contributed by atoms with Gasteiger partial charge in [-0.3, -0.25) is 5.32 Å². The molecule has 1 N–H and O–H groups in total. The van der Waals surface area contributed by atoms with Crippen molar-refractivity contribution in [2.75, 3.05) is 0 Å². The van der Waals surface area contributed by atoms with Crippen molar-refractivity contribution in [1.29, 1.82) is 0 Å². The molecule has 2 rings (SSSR count). The normalized spacial score (nSPS) is 14.8. The van der Waals surface area contributed by atoms with Crippen molar-refractivity contribution in [3.63, 3.8) is 0 Å². The van der Waals surface area contributed by atoms with Crippen LogP contribution in [-0.2, 0) is 7.05 Å². The first-order valence-electron chi connectivity index (χ1n) is 6.90. The second-order valence-corrected chi connectivity index (χ2v) is 6.25. The van der Waals surface area contributed by atoms with Crippen LogP contribution in [0.2, 0.25) is 0 Å². The number of imidazole rings is 1. The Morgan fingerprint density at radius 3 is 2.68 bits per heavy atom. The van der Waals surface area contributed by atoms with E-state index in [0.29, 0.717) is 12.0 Å². The number of aryl methyl sites for hydroxylation is 1. The molecule has 2 atom stereocenters. The van der Waals surface area contributed by atoms with Crippen LogP contribution >= 0.6 is 11.3 Å². The van der Waals surface area contributed by atoms with E-state index in [9.17, 15) is 0 Å². The molecule has 0 aliphatic heterocycles. The topological polar surface area (TPSA) is 29.9 Å². The van der Waals surface area contributed by atoms with Crippen LogP contribution in [0.15, 0.2) is 29.9 Å². The zero-order valence-corrected chi connectivity index (χ0v) is 12.9. The van der Waals surface area contributed by atoms with Crippen LogP contribution in [0, 0.1) is 5.92 Å². The molecule has 19 heavy (non-hydrogen) atoms. The van der Waals surface area contributed by atoms with Gasteiger partial charge in [-0.05, 0) is 23.8 Å². The van der Waals surface area contributed by atoms with E-state index in [2.05, 4.69) is 60.2 Å². The fraction of sp³-hybridized carbons (Fsp3) is 0.533. The zero-order valence-electron chi connectivity index (χ0n) is 12.1. The van der Waals surface area contributed by atoms with Crippen LogP contribution in [0.3, 0.4) is 0 Å². The highest BCUT2D eigenvalue weighted by atomic mass is 32.1. The molecule has 104 valence electrons. The molecule has 0 spiro atoms. The molecule has 0 aliphatic rings. The lowest BCUT2D eigenvalue weighted by atomic mass is 10.00. The molecule has 0 fully saturated rings. The molecule has 2 heterocycles. The molecule has 0 saturated heterocycles. The zero-order chi connectivity index (χ0) is 13.8. The molecule has 0 radical (unpaired) electrons. The van der Waals surface area contributed by atoms with E-state index in [1.807, 2.05) is 12.4 Å². The fourth-order valence-electron chi connectivity index (χ4n) is 2.39. The van der Waals surface area contributed by atoms with Crippen LogP contribution in [0.25, 0.3) is 0 Å². The Labute approximate surface area is 119 Å². The van der Waals surface area contributed by atoms with Gasteiger partial charge in [0.15, 0.2) is 0 Å². The first-order valence-corrected chi connectivity index (χ1v) is 7.78. The van der Waals surface area contributed by atoms with Gasteiger partial charge in [-0.15, -0.1) is 11.3 Å². The Balaban J connectivity index is 2.28. The second-order valence-electron chi connectivity index (χ2n) is 5.27. The van der Waals surface area contributed by atoms with Gasteiger partial charge < -0.3 is 4.57 Å². The number of aromatic nitrogens is 2. The van der Waals surface area contributed by atoms with Gasteiger partial charge in [-0.2, -0.15) is 0 Å². The number of hydrogen-bond acceptors (Lipinski definition) is 3. The average Bonchev–Trinajstić information content (AvgIpc) is 3.02. The van der Waals surface area contributed by atoms with Gasteiger partial charge >= 0.3 is 0 Å². The van der Waals surface area contributed by atoms with Crippen molar-refractivity contribution >= 4 is 11.3 Å². The van der Waals surface area contributed by atoms with Crippen LogP contribution in [0.4, 0.5) is 0 Å². The largest absolute Gasteiger partial charge is 0.336 e. The molecule has 0 saturated carbocycles. The molecule has 0 aromatic carbocycles. The van der Waals surface area contributed by atoms with Gasteiger partial charge in [0, 0.05) is 30.4 Å². The van der Waals surface area contributed by atoms with Gasteiger partial charge in [-0.1, -0.05) is 26.8 Å². The molecule has 0 aliphatic carbocycles. The van der Waals surface area contributed by atoms with Crippen LogP contribution in [0.1, 0.15) is 43.9 Å². The summed E-state index contributed by atoms with van der Waals surface area (Å²) in [6.45, 7) is 6.78. The minimum absolute atomic E-state index is 0.187. The lowest BCUT2D eigenvalue weighted by Gasteiger charge is -2.27. The second kappa shape index (κ2) is 6.35.